The van der Waals surface area contributed by atoms with Crippen LogP contribution in [0.4, 0.5) is 0 Å². The van der Waals surface area contributed by atoms with Crippen LogP contribution in [0.15, 0.2) is 10.9 Å². The third-order valence-electron chi connectivity index (χ3n) is 2.62. The van der Waals surface area contributed by atoms with E-state index in [1.54, 1.807) is 11.3 Å². The largest absolute Gasteiger partial charge is 0.295 e. The lowest BCUT2D eigenvalue weighted by Gasteiger charge is -2.00. The average molecular weight is 206 g/mol. The van der Waals surface area contributed by atoms with Crippen molar-refractivity contribution in [2.45, 2.75) is 26.3 Å². The molecule has 0 unspecified atom stereocenters. The highest BCUT2D eigenvalue weighted by Crippen LogP contribution is 2.22. The molecule has 0 bridgehead atoms. The van der Waals surface area contributed by atoms with Gasteiger partial charge in [-0.05, 0) is 19.4 Å². The molecule has 0 saturated heterocycles. The fourth-order valence-electron chi connectivity index (χ4n) is 1.99. The molecular formula is C10H10N2OS. The Morgan fingerprint density at radius 3 is 3.29 bits per heavy atom. The van der Waals surface area contributed by atoms with E-state index in [4.69, 9.17) is 0 Å². The monoisotopic (exact) mass is 206 g/mol. The zero-order valence-corrected chi connectivity index (χ0v) is 8.73. The molecule has 1 aliphatic rings. The van der Waals surface area contributed by atoms with Gasteiger partial charge in [-0.1, -0.05) is 0 Å². The standard InChI is InChI=1S/C10H10N2OS/c1-6-5-7-9(14-6)10(13)12-4-2-3-8(12)11-7/h5H,2-4H2,1H3. The van der Waals surface area contributed by atoms with Gasteiger partial charge in [0.15, 0.2) is 0 Å². The van der Waals surface area contributed by atoms with Crippen LogP contribution in [0.3, 0.4) is 0 Å². The highest BCUT2D eigenvalue weighted by Gasteiger charge is 2.16. The Balaban J connectivity index is 2.49. The van der Waals surface area contributed by atoms with Gasteiger partial charge >= 0.3 is 0 Å². The highest BCUT2D eigenvalue weighted by molar-refractivity contribution is 7.18. The fraction of sp³-hybridized carbons (Fsp3) is 0.400. The predicted octanol–water partition coefficient (Wildman–Crippen LogP) is 1.71. The van der Waals surface area contributed by atoms with E-state index in [1.165, 1.54) is 0 Å². The quantitative estimate of drug-likeness (QED) is 0.657. The fourth-order valence-corrected chi connectivity index (χ4v) is 2.89. The van der Waals surface area contributed by atoms with E-state index in [0.717, 1.165) is 40.3 Å². The molecule has 0 N–H and O–H groups in total. The molecule has 4 heteroatoms. The molecule has 0 spiro atoms. The summed E-state index contributed by atoms with van der Waals surface area (Å²) in [4.78, 5) is 17.6. The summed E-state index contributed by atoms with van der Waals surface area (Å²) in [6.45, 7) is 2.86. The first-order valence-corrected chi connectivity index (χ1v) is 5.57. The summed E-state index contributed by atoms with van der Waals surface area (Å²) in [6, 6.07) is 2.00. The molecule has 14 heavy (non-hydrogen) atoms. The Kier molecular flexibility index (Phi) is 1.56. The van der Waals surface area contributed by atoms with Crippen molar-refractivity contribution in [3.05, 3.63) is 27.1 Å². The lowest BCUT2D eigenvalue weighted by molar-refractivity contribution is 0.720. The number of hydrogen-bond donors (Lipinski definition) is 0. The van der Waals surface area contributed by atoms with Crippen molar-refractivity contribution in [3.8, 4) is 0 Å². The summed E-state index contributed by atoms with van der Waals surface area (Å²) < 4.78 is 2.63. The molecule has 3 nitrogen and oxygen atoms in total. The van der Waals surface area contributed by atoms with Crippen molar-refractivity contribution in [3.63, 3.8) is 0 Å². The van der Waals surface area contributed by atoms with Crippen LogP contribution in [0.5, 0.6) is 0 Å². The van der Waals surface area contributed by atoms with E-state index >= 15 is 0 Å². The molecule has 3 heterocycles. The van der Waals surface area contributed by atoms with Crippen molar-refractivity contribution in [1.29, 1.82) is 0 Å². The van der Waals surface area contributed by atoms with Gasteiger partial charge in [0.05, 0.1) is 5.52 Å². The molecular weight excluding hydrogens is 196 g/mol. The van der Waals surface area contributed by atoms with E-state index in [1.807, 2.05) is 17.6 Å². The number of nitrogens with zero attached hydrogens (tertiary/aromatic N) is 2. The van der Waals surface area contributed by atoms with E-state index in [-0.39, 0.29) is 5.56 Å². The van der Waals surface area contributed by atoms with Gasteiger partial charge in [0.2, 0.25) is 0 Å². The molecule has 0 radical (unpaired) electrons. The summed E-state index contributed by atoms with van der Waals surface area (Å²) >= 11 is 1.55. The Bertz CT molecular complexity index is 567. The van der Waals surface area contributed by atoms with Crippen LogP contribution < -0.4 is 5.56 Å². The number of hydrogen-bond acceptors (Lipinski definition) is 3. The zero-order chi connectivity index (χ0) is 9.71. The SMILES string of the molecule is Cc1cc2nc3n(c(=O)c2s1)CCC3. The van der Waals surface area contributed by atoms with Gasteiger partial charge in [-0.25, -0.2) is 4.98 Å². The second-order valence-corrected chi connectivity index (χ2v) is 4.92. The average Bonchev–Trinajstić information content (AvgIpc) is 2.71. The lowest BCUT2D eigenvalue weighted by atomic mass is 10.3. The van der Waals surface area contributed by atoms with Crippen LogP contribution in [0.1, 0.15) is 17.1 Å². The van der Waals surface area contributed by atoms with Crippen LogP contribution in [0.2, 0.25) is 0 Å². The second-order valence-electron chi connectivity index (χ2n) is 3.66. The van der Waals surface area contributed by atoms with Crippen molar-refractivity contribution in [2.75, 3.05) is 0 Å². The first kappa shape index (κ1) is 8.17. The van der Waals surface area contributed by atoms with E-state index in [2.05, 4.69) is 4.98 Å². The maximum Gasteiger partial charge on any atom is 0.271 e. The number of thiophene rings is 1. The summed E-state index contributed by atoms with van der Waals surface area (Å²) in [5.41, 5.74) is 1.03. The van der Waals surface area contributed by atoms with Crippen molar-refractivity contribution in [2.24, 2.45) is 0 Å². The van der Waals surface area contributed by atoms with Crippen molar-refractivity contribution >= 4 is 21.6 Å². The first-order valence-electron chi connectivity index (χ1n) is 4.75. The molecule has 2 aromatic heterocycles. The molecule has 2 aromatic rings. The molecule has 0 fully saturated rings. The predicted molar refractivity (Wildman–Crippen MR) is 56.9 cm³/mol. The maximum absolute atomic E-state index is 12.0. The number of fused-ring (bicyclic) bond motifs is 2. The molecule has 1 aliphatic heterocycles. The Morgan fingerprint density at radius 2 is 2.43 bits per heavy atom. The van der Waals surface area contributed by atoms with Gasteiger partial charge in [0.1, 0.15) is 10.5 Å². The van der Waals surface area contributed by atoms with Gasteiger partial charge in [-0.15, -0.1) is 11.3 Å². The third-order valence-corrected chi connectivity index (χ3v) is 3.65. The Labute approximate surface area is 85.0 Å². The zero-order valence-electron chi connectivity index (χ0n) is 7.91. The van der Waals surface area contributed by atoms with Crippen LogP contribution in [0.25, 0.3) is 10.2 Å². The minimum atomic E-state index is 0.153. The lowest BCUT2D eigenvalue weighted by Crippen LogP contribution is -2.19. The van der Waals surface area contributed by atoms with Crippen LogP contribution >= 0.6 is 11.3 Å². The topological polar surface area (TPSA) is 34.9 Å². The van der Waals surface area contributed by atoms with Crippen molar-refractivity contribution in [1.82, 2.24) is 9.55 Å². The van der Waals surface area contributed by atoms with Crippen LogP contribution in [-0.4, -0.2) is 9.55 Å². The van der Waals surface area contributed by atoms with E-state index in [9.17, 15) is 4.79 Å². The number of aromatic nitrogens is 2. The maximum atomic E-state index is 12.0. The summed E-state index contributed by atoms with van der Waals surface area (Å²) in [5, 5.41) is 0. The molecule has 72 valence electrons. The van der Waals surface area contributed by atoms with Crippen molar-refractivity contribution < 1.29 is 0 Å². The molecule has 0 aliphatic carbocycles. The van der Waals surface area contributed by atoms with Gasteiger partial charge in [-0.3, -0.25) is 9.36 Å². The molecule has 3 rings (SSSR count). The van der Waals surface area contributed by atoms with Crippen LogP contribution in [-0.2, 0) is 13.0 Å². The summed E-state index contributed by atoms with van der Waals surface area (Å²) in [7, 11) is 0. The molecule has 0 atom stereocenters. The van der Waals surface area contributed by atoms with Gasteiger partial charge in [-0.2, -0.15) is 0 Å². The third kappa shape index (κ3) is 0.973. The van der Waals surface area contributed by atoms with Gasteiger partial charge in [0.25, 0.3) is 5.56 Å². The van der Waals surface area contributed by atoms with Gasteiger partial charge in [0, 0.05) is 17.8 Å². The smallest absolute Gasteiger partial charge is 0.271 e. The van der Waals surface area contributed by atoms with E-state index < -0.39 is 0 Å². The number of aryl methyl sites for hydroxylation is 2. The number of rotatable bonds is 0. The second kappa shape index (κ2) is 2.67. The minimum Gasteiger partial charge on any atom is -0.295 e. The van der Waals surface area contributed by atoms with Gasteiger partial charge < -0.3 is 0 Å². The summed E-state index contributed by atoms with van der Waals surface area (Å²) in [5.74, 6) is 0.959. The highest BCUT2D eigenvalue weighted by atomic mass is 32.1. The molecule has 0 aromatic carbocycles. The normalized spacial score (nSPS) is 14.9. The first-order chi connectivity index (χ1) is 6.75. The van der Waals surface area contributed by atoms with E-state index in [0.29, 0.717) is 0 Å². The summed E-state index contributed by atoms with van der Waals surface area (Å²) in [6.07, 6.45) is 2.00. The molecule has 0 amide bonds. The minimum absolute atomic E-state index is 0.153. The van der Waals surface area contributed by atoms with Crippen LogP contribution in [0, 0.1) is 6.92 Å². The Hall–Kier alpha value is -1.16. The Morgan fingerprint density at radius 1 is 1.57 bits per heavy atom. The molecule has 0 saturated carbocycles.